The normalized spacial score (nSPS) is 9.76. The number of carbonyl (C=O) groups is 3. The molecule has 0 spiro atoms. The zero-order valence-electron chi connectivity index (χ0n) is 11.5. The van der Waals surface area contributed by atoms with Crippen molar-refractivity contribution >= 4 is 29.7 Å². The molecule has 112 valence electrons. The number of thioether (sulfide) groups is 1. The maximum Gasteiger partial charge on any atom is 0.335 e. The van der Waals surface area contributed by atoms with E-state index in [-0.39, 0.29) is 17.9 Å². The Morgan fingerprint density at radius 2 is 2.10 bits per heavy atom. The highest BCUT2D eigenvalue weighted by atomic mass is 32.2. The molecule has 0 unspecified atom stereocenters. The lowest BCUT2D eigenvalue weighted by molar-refractivity contribution is -0.117. The summed E-state index contributed by atoms with van der Waals surface area (Å²) in [7, 11) is 0. The molecule has 3 amide bonds. The lowest BCUT2D eigenvalue weighted by atomic mass is 10.1. The minimum Gasteiger partial charge on any atom is -0.478 e. The third-order valence-corrected chi connectivity index (χ3v) is 3.46. The van der Waals surface area contributed by atoms with E-state index in [1.54, 1.807) is 19.1 Å². The molecule has 6 nitrogen and oxygen atoms in total. The van der Waals surface area contributed by atoms with Gasteiger partial charge in [0.15, 0.2) is 0 Å². The number of rotatable bonds is 6. The van der Waals surface area contributed by atoms with Gasteiger partial charge in [0.1, 0.15) is 0 Å². The van der Waals surface area contributed by atoms with Gasteiger partial charge in [-0.15, -0.1) is 18.3 Å². The van der Waals surface area contributed by atoms with Crippen molar-refractivity contribution in [3.63, 3.8) is 0 Å². The van der Waals surface area contributed by atoms with E-state index in [4.69, 9.17) is 5.11 Å². The second-order valence-electron chi connectivity index (χ2n) is 4.12. The quantitative estimate of drug-likeness (QED) is 0.550. The summed E-state index contributed by atoms with van der Waals surface area (Å²) in [5.41, 5.74) is 0.851. The molecule has 3 N–H and O–H groups in total. The standard InChI is InChI=1S/C14H16N2O4S/c1-3-6-15-14(20)16-12(17)8-21-10-5-4-9(2)11(7-10)13(18)19/h3-5,7H,1,6,8H2,2H3,(H,18,19)(H2,15,16,17,20). The van der Waals surface area contributed by atoms with Gasteiger partial charge >= 0.3 is 12.0 Å². The van der Waals surface area contributed by atoms with Crippen molar-refractivity contribution in [3.8, 4) is 0 Å². The first-order valence-electron chi connectivity index (χ1n) is 6.09. The lowest BCUT2D eigenvalue weighted by Gasteiger charge is -2.06. The van der Waals surface area contributed by atoms with Gasteiger partial charge in [-0.3, -0.25) is 10.1 Å². The Labute approximate surface area is 126 Å². The average molecular weight is 308 g/mol. The summed E-state index contributed by atoms with van der Waals surface area (Å²) in [5, 5.41) is 13.6. The molecule has 7 heteroatoms. The van der Waals surface area contributed by atoms with E-state index in [1.807, 2.05) is 0 Å². The number of urea groups is 1. The van der Waals surface area contributed by atoms with Crippen molar-refractivity contribution in [2.45, 2.75) is 11.8 Å². The molecule has 0 saturated carbocycles. The molecule has 21 heavy (non-hydrogen) atoms. The number of carboxylic acids is 1. The molecule has 0 atom stereocenters. The number of aromatic carboxylic acids is 1. The Kier molecular flexibility index (Phi) is 6.48. The predicted molar refractivity (Wildman–Crippen MR) is 80.6 cm³/mol. The summed E-state index contributed by atoms with van der Waals surface area (Å²) in [6.07, 6.45) is 1.50. The van der Waals surface area contributed by atoms with Crippen LogP contribution < -0.4 is 10.6 Å². The average Bonchev–Trinajstić information content (AvgIpc) is 2.43. The van der Waals surface area contributed by atoms with E-state index in [0.29, 0.717) is 10.5 Å². The number of nitrogens with one attached hydrogen (secondary N) is 2. The number of benzene rings is 1. The van der Waals surface area contributed by atoms with E-state index in [9.17, 15) is 14.4 Å². The van der Waals surface area contributed by atoms with E-state index < -0.39 is 17.9 Å². The van der Waals surface area contributed by atoms with Crippen LogP contribution in [0.4, 0.5) is 4.79 Å². The summed E-state index contributed by atoms with van der Waals surface area (Å²) < 4.78 is 0. The molecule has 0 fully saturated rings. The van der Waals surface area contributed by atoms with Crippen LogP contribution in [0.25, 0.3) is 0 Å². The fourth-order valence-electron chi connectivity index (χ4n) is 1.44. The number of aryl methyl sites for hydroxylation is 1. The van der Waals surface area contributed by atoms with Crippen LogP contribution in [0.3, 0.4) is 0 Å². The van der Waals surface area contributed by atoms with Gasteiger partial charge in [-0.2, -0.15) is 0 Å². The Hall–Kier alpha value is -2.28. The first kappa shape index (κ1) is 16.8. The van der Waals surface area contributed by atoms with Gasteiger partial charge in [0.25, 0.3) is 0 Å². The number of carbonyl (C=O) groups excluding carboxylic acids is 2. The molecule has 1 aromatic carbocycles. The molecular formula is C14H16N2O4S. The van der Waals surface area contributed by atoms with Crippen LogP contribution >= 0.6 is 11.8 Å². The second-order valence-corrected chi connectivity index (χ2v) is 5.17. The van der Waals surface area contributed by atoms with Gasteiger partial charge in [-0.05, 0) is 24.6 Å². The minimum absolute atomic E-state index is 0.0175. The van der Waals surface area contributed by atoms with Crippen LogP contribution in [0.15, 0.2) is 35.7 Å². The molecule has 0 bridgehead atoms. The second kappa shape index (κ2) is 8.11. The van der Waals surface area contributed by atoms with Crippen LogP contribution in [0.5, 0.6) is 0 Å². The van der Waals surface area contributed by atoms with Gasteiger partial charge in [0.2, 0.25) is 5.91 Å². The minimum atomic E-state index is -1.01. The predicted octanol–water partition coefficient (Wildman–Crippen LogP) is 1.80. The summed E-state index contributed by atoms with van der Waals surface area (Å²) in [5.74, 6) is -1.45. The first-order chi connectivity index (χ1) is 9.93. The van der Waals surface area contributed by atoms with Gasteiger partial charge in [-0.1, -0.05) is 12.1 Å². The molecular weight excluding hydrogens is 292 g/mol. The molecule has 0 saturated heterocycles. The lowest BCUT2D eigenvalue weighted by Crippen LogP contribution is -2.40. The summed E-state index contributed by atoms with van der Waals surface area (Å²) in [4.78, 5) is 34.4. The third-order valence-electron chi connectivity index (χ3n) is 2.47. The zero-order valence-corrected chi connectivity index (χ0v) is 12.3. The topological polar surface area (TPSA) is 95.5 Å². The summed E-state index contributed by atoms with van der Waals surface area (Å²) in [6, 6.07) is 4.33. The molecule has 0 aliphatic heterocycles. The highest BCUT2D eigenvalue weighted by molar-refractivity contribution is 8.00. The highest BCUT2D eigenvalue weighted by Crippen LogP contribution is 2.21. The third kappa shape index (κ3) is 5.70. The van der Waals surface area contributed by atoms with Crippen molar-refractivity contribution in [2.24, 2.45) is 0 Å². The molecule has 0 radical (unpaired) electrons. The molecule has 0 aliphatic carbocycles. The zero-order chi connectivity index (χ0) is 15.8. The van der Waals surface area contributed by atoms with Gasteiger partial charge in [-0.25, -0.2) is 9.59 Å². The number of carboxylic acid groups (broad SMARTS) is 1. The largest absolute Gasteiger partial charge is 0.478 e. The summed E-state index contributed by atoms with van der Waals surface area (Å²) >= 11 is 1.16. The van der Waals surface area contributed by atoms with Crippen LogP contribution in [0.1, 0.15) is 15.9 Å². The number of imide groups is 1. The maximum atomic E-state index is 11.5. The SMILES string of the molecule is C=CCNC(=O)NC(=O)CSc1ccc(C)c(C(=O)O)c1. The van der Waals surface area contributed by atoms with Crippen LogP contribution in [-0.2, 0) is 4.79 Å². The van der Waals surface area contributed by atoms with Gasteiger partial charge in [0, 0.05) is 11.4 Å². The molecule has 0 aliphatic rings. The number of hydrogen-bond acceptors (Lipinski definition) is 4. The molecule has 0 heterocycles. The molecule has 0 aromatic heterocycles. The fraction of sp³-hybridized carbons (Fsp3) is 0.214. The maximum absolute atomic E-state index is 11.5. The van der Waals surface area contributed by atoms with E-state index in [0.717, 1.165) is 11.8 Å². The Bertz CT molecular complexity index is 572. The van der Waals surface area contributed by atoms with E-state index >= 15 is 0 Å². The monoisotopic (exact) mass is 308 g/mol. The van der Waals surface area contributed by atoms with Gasteiger partial charge in [0.05, 0.1) is 11.3 Å². The smallest absolute Gasteiger partial charge is 0.335 e. The number of hydrogen-bond donors (Lipinski definition) is 3. The summed E-state index contributed by atoms with van der Waals surface area (Å²) in [6.45, 7) is 5.41. The van der Waals surface area contributed by atoms with Crippen LogP contribution in [0, 0.1) is 6.92 Å². The highest BCUT2D eigenvalue weighted by Gasteiger charge is 2.10. The molecule has 1 aromatic rings. The Morgan fingerprint density at radius 1 is 1.38 bits per heavy atom. The van der Waals surface area contributed by atoms with Crippen molar-refractivity contribution in [1.82, 2.24) is 10.6 Å². The molecule has 1 rings (SSSR count). The van der Waals surface area contributed by atoms with E-state index in [2.05, 4.69) is 17.2 Å². The Morgan fingerprint density at radius 3 is 2.71 bits per heavy atom. The van der Waals surface area contributed by atoms with Crippen LogP contribution in [0.2, 0.25) is 0 Å². The Balaban J connectivity index is 2.53. The first-order valence-corrected chi connectivity index (χ1v) is 7.08. The van der Waals surface area contributed by atoms with Crippen LogP contribution in [-0.4, -0.2) is 35.3 Å². The van der Waals surface area contributed by atoms with Crippen molar-refractivity contribution < 1.29 is 19.5 Å². The van der Waals surface area contributed by atoms with Crippen molar-refractivity contribution in [2.75, 3.05) is 12.3 Å². The van der Waals surface area contributed by atoms with E-state index in [1.165, 1.54) is 12.1 Å². The van der Waals surface area contributed by atoms with Crippen molar-refractivity contribution in [1.29, 1.82) is 0 Å². The van der Waals surface area contributed by atoms with Crippen molar-refractivity contribution in [3.05, 3.63) is 42.0 Å². The number of amides is 3. The van der Waals surface area contributed by atoms with Gasteiger partial charge < -0.3 is 10.4 Å². The fourth-order valence-corrected chi connectivity index (χ4v) is 2.18.